The highest BCUT2D eigenvalue weighted by atomic mass is 19.1. The van der Waals surface area contributed by atoms with Crippen LogP contribution in [0.25, 0.3) is 0 Å². The molecule has 23 heavy (non-hydrogen) atoms. The van der Waals surface area contributed by atoms with Gasteiger partial charge in [0.1, 0.15) is 17.7 Å². The first-order chi connectivity index (χ1) is 11.1. The first-order valence-corrected chi connectivity index (χ1v) is 7.61. The summed E-state index contributed by atoms with van der Waals surface area (Å²) in [6.07, 6.45) is 0.433. The van der Waals surface area contributed by atoms with Crippen LogP contribution in [0.1, 0.15) is 12.0 Å². The van der Waals surface area contributed by atoms with E-state index in [9.17, 15) is 9.18 Å². The molecule has 1 aliphatic rings. The van der Waals surface area contributed by atoms with Gasteiger partial charge in [-0.2, -0.15) is 0 Å². The predicted octanol–water partition coefficient (Wildman–Crippen LogP) is 2.33. The molecule has 1 heterocycles. The lowest BCUT2D eigenvalue weighted by molar-refractivity contribution is -0.122. The average Bonchev–Trinajstić information content (AvgIpc) is 2.91. The SMILES string of the molecule is NC(=O)C1CC(Oc2ccccc2)CN1Cc1cccc(F)c1. The van der Waals surface area contributed by atoms with Crippen LogP contribution in [0.5, 0.6) is 5.75 Å². The second-order valence-corrected chi connectivity index (χ2v) is 5.77. The van der Waals surface area contributed by atoms with Gasteiger partial charge in [-0.3, -0.25) is 9.69 Å². The molecule has 1 saturated heterocycles. The number of hydrogen-bond donors (Lipinski definition) is 1. The third kappa shape index (κ3) is 3.87. The number of nitrogens with two attached hydrogens (primary N) is 1. The van der Waals surface area contributed by atoms with Crippen molar-refractivity contribution in [2.75, 3.05) is 6.54 Å². The fourth-order valence-corrected chi connectivity index (χ4v) is 2.98. The molecule has 2 atom stereocenters. The fraction of sp³-hybridized carbons (Fsp3) is 0.278. The third-order valence-electron chi connectivity index (χ3n) is 4.01. The lowest BCUT2D eigenvalue weighted by Crippen LogP contribution is -2.39. The van der Waals surface area contributed by atoms with Crippen molar-refractivity contribution >= 4 is 5.91 Å². The smallest absolute Gasteiger partial charge is 0.234 e. The Morgan fingerprint density at radius 1 is 1.22 bits per heavy atom. The number of rotatable bonds is 5. The van der Waals surface area contributed by atoms with Crippen LogP contribution in [-0.2, 0) is 11.3 Å². The molecule has 1 fully saturated rings. The summed E-state index contributed by atoms with van der Waals surface area (Å²) in [4.78, 5) is 13.7. The molecule has 2 N–H and O–H groups in total. The highest BCUT2D eigenvalue weighted by Crippen LogP contribution is 2.24. The van der Waals surface area contributed by atoms with E-state index in [-0.39, 0.29) is 17.8 Å². The number of hydrogen-bond acceptors (Lipinski definition) is 3. The molecule has 1 aliphatic heterocycles. The van der Waals surface area contributed by atoms with Crippen LogP contribution in [0.4, 0.5) is 4.39 Å². The van der Waals surface area contributed by atoms with E-state index in [1.54, 1.807) is 6.07 Å². The van der Waals surface area contributed by atoms with Crippen LogP contribution >= 0.6 is 0 Å². The van der Waals surface area contributed by atoms with E-state index < -0.39 is 6.04 Å². The normalized spacial score (nSPS) is 21.3. The zero-order valence-corrected chi connectivity index (χ0v) is 12.7. The molecule has 3 rings (SSSR count). The lowest BCUT2D eigenvalue weighted by atomic mass is 10.1. The van der Waals surface area contributed by atoms with Crippen molar-refractivity contribution in [3.63, 3.8) is 0 Å². The molecule has 0 spiro atoms. The molecular weight excluding hydrogens is 295 g/mol. The number of primary amides is 1. The third-order valence-corrected chi connectivity index (χ3v) is 4.01. The summed E-state index contributed by atoms with van der Waals surface area (Å²) in [5, 5.41) is 0. The maximum atomic E-state index is 13.3. The van der Waals surface area contributed by atoms with Crippen LogP contribution < -0.4 is 10.5 Å². The Kier molecular flexibility index (Phi) is 4.57. The van der Waals surface area contributed by atoms with Gasteiger partial charge in [0, 0.05) is 19.5 Å². The number of amides is 1. The minimum absolute atomic E-state index is 0.108. The van der Waals surface area contributed by atoms with Crippen LogP contribution in [0.3, 0.4) is 0 Å². The topological polar surface area (TPSA) is 55.6 Å². The quantitative estimate of drug-likeness (QED) is 0.921. The average molecular weight is 314 g/mol. The summed E-state index contributed by atoms with van der Waals surface area (Å²) in [6, 6.07) is 15.5. The maximum absolute atomic E-state index is 13.3. The van der Waals surface area contributed by atoms with Crippen molar-refractivity contribution in [2.24, 2.45) is 5.73 Å². The Morgan fingerprint density at radius 3 is 2.70 bits per heavy atom. The van der Waals surface area contributed by atoms with E-state index in [2.05, 4.69) is 0 Å². The van der Waals surface area contributed by atoms with E-state index in [1.165, 1.54) is 12.1 Å². The minimum Gasteiger partial charge on any atom is -0.489 e. The predicted molar refractivity (Wildman–Crippen MR) is 85.3 cm³/mol. The van der Waals surface area contributed by atoms with Crippen molar-refractivity contribution < 1.29 is 13.9 Å². The van der Waals surface area contributed by atoms with Gasteiger partial charge in [0.05, 0.1) is 6.04 Å². The molecule has 0 saturated carbocycles. The monoisotopic (exact) mass is 314 g/mol. The molecule has 2 aromatic carbocycles. The van der Waals surface area contributed by atoms with Gasteiger partial charge in [-0.05, 0) is 29.8 Å². The van der Waals surface area contributed by atoms with E-state index in [0.29, 0.717) is 19.5 Å². The summed E-state index contributed by atoms with van der Waals surface area (Å²) < 4.78 is 19.3. The number of benzene rings is 2. The molecule has 4 nitrogen and oxygen atoms in total. The molecule has 2 unspecified atom stereocenters. The molecule has 5 heteroatoms. The number of carbonyl (C=O) groups excluding carboxylic acids is 1. The van der Waals surface area contributed by atoms with E-state index in [0.717, 1.165) is 11.3 Å². The lowest BCUT2D eigenvalue weighted by Gasteiger charge is -2.21. The van der Waals surface area contributed by atoms with Gasteiger partial charge in [-0.1, -0.05) is 30.3 Å². The van der Waals surface area contributed by atoms with Gasteiger partial charge in [0.25, 0.3) is 0 Å². The second-order valence-electron chi connectivity index (χ2n) is 5.77. The molecule has 0 radical (unpaired) electrons. The Balaban J connectivity index is 1.70. The van der Waals surface area contributed by atoms with Crippen molar-refractivity contribution in [3.8, 4) is 5.75 Å². The van der Waals surface area contributed by atoms with Crippen molar-refractivity contribution in [1.82, 2.24) is 4.90 Å². The van der Waals surface area contributed by atoms with Gasteiger partial charge in [0.2, 0.25) is 5.91 Å². The summed E-state index contributed by atoms with van der Waals surface area (Å²) in [7, 11) is 0. The Labute approximate surface area is 134 Å². The summed E-state index contributed by atoms with van der Waals surface area (Å²) in [5.74, 6) is 0.114. The first-order valence-electron chi connectivity index (χ1n) is 7.61. The van der Waals surface area contributed by atoms with Crippen molar-refractivity contribution in [1.29, 1.82) is 0 Å². The number of para-hydroxylation sites is 1. The van der Waals surface area contributed by atoms with Gasteiger partial charge in [0.15, 0.2) is 0 Å². The van der Waals surface area contributed by atoms with Crippen LogP contribution in [0, 0.1) is 5.82 Å². The van der Waals surface area contributed by atoms with Gasteiger partial charge >= 0.3 is 0 Å². The highest BCUT2D eigenvalue weighted by molar-refractivity contribution is 5.80. The Hall–Kier alpha value is -2.40. The zero-order chi connectivity index (χ0) is 16.2. The molecule has 2 aromatic rings. The largest absolute Gasteiger partial charge is 0.489 e. The number of ether oxygens (including phenoxy) is 1. The van der Waals surface area contributed by atoms with Crippen LogP contribution in [0.2, 0.25) is 0 Å². The second kappa shape index (κ2) is 6.79. The van der Waals surface area contributed by atoms with Gasteiger partial charge in [-0.15, -0.1) is 0 Å². The number of nitrogens with zero attached hydrogens (tertiary/aromatic N) is 1. The Bertz CT molecular complexity index is 678. The van der Waals surface area contributed by atoms with E-state index in [4.69, 9.17) is 10.5 Å². The zero-order valence-electron chi connectivity index (χ0n) is 12.7. The molecule has 0 aromatic heterocycles. The van der Waals surface area contributed by atoms with Crippen LogP contribution in [0.15, 0.2) is 54.6 Å². The van der Waals surface area contributed by atoms with Gasteiger partial charge in [-0.25, -0.2) is 4.39 Å². The standard InChI is InChI=1S/C18H19FN2O2/c19-14-6-4-5-13(9-14)11-21-12-16(10-17(21)18(20)22)23-15-7-2-1-3-8-15/h1-9,16-17H,10-12H2,(H2,20,22). The van der Waals surface area contributed by atoms with Crippen LogP contribution in [-0.4, -0.2) is 29.5 Å². The maximum Gasteiger partial charge on any atom is 0.234 e. The highest BCUT2D eigenvalue weighted by Gasteiger charge is 2.36. The minimum atomic E-state index is -0.396. The number of likely N-dealkylation sites (tertiary alicyclic amines) is 1. The van der Waals surface area contributed by atoms with Crippen molar-refractivity contribution in [2.45, 2.75) is 25.1 Å². The summed E-state index contributed by atoms with van der Waals surface area (Å²) >= 11 is 0. The van der Waals surface area contributed by atoms with E-state index in [1.807, 2.05) is 41.3 Å². The molecule has 120 valence electrons. The molecule has 1 amide bonds. The fourth-order valence-electron chi connectivity index (χ4n) is 2.98. The van der Waals surface area contributed by atoms with Gasteiger partial charge < -0.3 is 10.5 Å². The molecular formula is C18H19FN2O2. The Morgan fingerprint density at radius 2 is 2.00 bits per heavy atom. The van der Waals surface area contributed by atoms with E-state index >= 15 is 0 Å². The first kappa shape index (κ1) is 15.5. The summed E-state index contributed by atoms with van der Waals surface area (Å²) in [5.41, 5.74) is 6.33. The van der Waals surface area contributed by atoms with Crippen molar-refractivity contribution in [3.05, 3.63) is 66.0 Å². The number of carbonyl (C=O) groups is 1. The molecule has 0 bridgehead atoms. The number of halogens is 1. The molecule has 0 aliphatic carbocycles. The summed E-state index contributed by atoms with van der Waals surface area (Å²) in [6.45, 7) is 1.05.